The van der Waals surface area contributed by atoms with Gasteiger partial charge in [0, 0.05) is 7.11 Å². The molecule has 0 atom stereocenters. The third-order valence-electron chi connectivity index (χ3n) is 4.40. The number of halogens is 1. The van der Waals surface area contributed by atoms with Gasteiger partial charge in [-0.25, -0.2) is 4.39 Å². The Morgan fingerprint density at radius 1 is 1.00 bits per heavy atom. The first kappa shape index (κ1) is 19.2. The Balaban J connectivity index is 1.91. The van der Waals surface area contributed by atoms with Gasteiger partial charge in [-0.3, -0.25) is 0 Å². The molecule has 134 valence electrons. The first-order valence-corrected chi connectivity index (χ1v) is 8.11. The van der Waals surface area contributed by atoms with E-state index >= 15 is 0 Å². The van der Waals surface area contributed by atoms with Gasteiger partial charge in [0.2, 0.25) is 0 Å². The first-order chi connectivity index (χ1) is 11.3. The maximum atomic E-state index is 14.2. The minimum atomic E-state index is -0.587. The molecule has 0 aliphatic carbocycles. The molecular formula is C17H26BFO5. The van der Waals surface area contributed by atoms with Crippen LogP contribution in [-0.4, -0.2) is 51.9 Å². The molecule has 7 heteroatoms. The molecule has 1 heterocycles. The monoisotopic (exact) mass is 340 g/mol. The third-order valence-corrected chi connectivity index (χ3v) is 4.40. The number of hydrogen-bond acceptors (Lipinski definition) is 5. The van der Waals surface area contributed by atoms with Gasteiger partial charge in [0.25, 0.3) is 0 Å². The number of rotatable bonds is 8. The molecule has 1 aliphatic rings. The maximum absolute atomic E-state index is 14.2. The van der Waals surface area contributed by atoms with Gasteiger partial charge in [-0.1, -0.05) is 6.07 Å². The predicted octanol–water partition coefficient (Wildman–Crippen LogP) is 2.17. The van der Waals surface area contributed by atoms with Crippen molar-refractivity contribution in [2.75, 3.05) is 33.5 Å². The van der Waals surface area contributed by atoms with Gasteiger partial charge in [0.15, 0.2) is 11.6 Å². The second-order valence-corrected chi connectivity index (χ2v) is 6.73. The standard InChI is InChI=1S/C17H26BFO5/c1-16(2)17(3,4)24-18(23-16)13-6-7-15(14(19)12-13)22-11-10-21-9-8-20-5/h6-7,12H,8-11H2,1-5H3. The van der Waals surface area contributed by atoms with Crippen molar-refractivity contribution < 1.29 is 27.9 Å². The van der Waals surface area contributed by atoms with E-state index in [-0.39, 0.29) is 12.4 Å². The normalized spacial score (nSPS) is 18.8. The molecule has 0 spiro atoms. The van der Waals surface area contributed by atoms with E-state index < -0.39 is 24.1 Å². The zero-order valence-corrected chi connectivity index (χ0v) is 15.1. The molecule has 1 aromatic carbocycles. The Bertz CT molecular complexity index is 534. The van der Waals surface area contributed by atoms with Crippen LogP contribution in [0.3, 0.4) is 0 Å². The quantitative estimate of drug-likeness (QED) is 0.536. The molecule has 0 N–H and O–H groups in total. The lowest BCUT2D eigenvalue weighted by Crippen LogP contribution is -2.41. The summed E-state index contributed by atoms with van der Waals surface area (Å²) < 4.78 is 41.6. The summed E-state index contributed by atoms with van der Waals surface area (Å²) in [5, 5.41) is 0. The lowest BCUT2D eigenvalue weighted by atomic mass is 9.79. The van der Waals surface area contributed by atoms with E-state index in [2.05, 4.69) is 0 Å². The molecule has 0 amide bonds. The summed E-state index contributed by atoms with van der Waals surface area (Å²) in [7, 11) is 1.02. The summed E-state index contributed by atoms with van der Waals surface area (Å²) in [6, 6.07) is 4.74. The van der Waals surface area contributed by atoms with Crippen LogP contribution in [0.5, 0.6) is 5.75 Å². The number of hydrogen-bond donors (Lipinski definition) is 0. The second-order valence-electron chi connectivity index (χ2n) is 6.73. The summed E-state index contributed by atoms with van der Waals surface area (Å²) in [6.45, 7) is 9.52. The van der Waals surface area contributed by atoms with Gasteiger partial charge >= 0.3 is 7.12 Å². The van der Waals surface area contributed by atoms with Crippen molar-refractivity contribution >= 4 is 12.6 Å². The fraction of sp³-hybridized carbons (Fsp3) is 0.647. The van der Waals surface area contributed by atoms with E-state index in [1.807, 2.05) is 27.7 Å². The predicted molar refractivity (Wildman–Crippen MR) is 90.3 cm³/mol. The first-order valence-electron chi connectivity index (χ1n) is 8.11. The second kappa shape index (κ2) is 7.82. The van der Waals surface area contributed by atoms with Crippen LogP contribution in [0.4, 0.5) is 4.39 Å². The summed E-state index contributed by atoms with van der Waals surface area (Å²) in [5.41, 5.74) is -0.277. The average molecular weight is 340 g/mol. The third kappa shape index (κ3) is 4.48. The lowest BCUT2D eigenvalue weighted by Gasteiger charge is -2.32. The minimum Gasteiger partial charge on any atom is -0.488 e. The van der Waals surface area contributed by atoms with E-state index in [1.165, 1.54) is 6.07 Å². The molecule has 1 aromatic rings. The highest BCUT2D eigenvalue weighted by atomic mass is 19.1. The Labute approximate surface area is 143 Å². The minimum absolute atomic E-state index is 0.186. The SMILES string of the molecule is COCCOCCOc1ccc(B2OC(C)(C)C(C)(C)O2)cc1F. The largest absolute Gasteiger partial charge is 0.494 e. The summed E-state index contributed by atoms with van der Waals surface area (Å²) >= 11 is 0. The Morgan fingerprint density at radius 2 is 1.62 bits per heavy atom. The zero-order valence-electron chi connectivity index (χ0n) is 15.1. The average Bonchev–Trinajstić information content (AvgIpc) is 2.72. The molecule has 1 aliphatic heterocycles. The van der Waals surface area contributed by atoms with Gasteiger partial charge in [0.1, 0.15) is 6.61 Å². The Morgan fingerprint density at radius 3 is 2.21 bits per heavy atom. The fourth-order valence-corrected chi connectivity index (χ4v) is 2.21. The van der Waals surface area contributed by atoms with Crippen molar-refractivity contribution in [1.82, 2.24) is 0 Å². The van der Waals surface area contributed by atoms with Gasteiger partial charge in [-0.2, -0.15) is 0 Å². The molecule has 24 heavy (non-hydrogen) atoms. The summed E-state index contributed by atoms with van der Waals surface area (Å²) in [4.78, 5) is 0. The topological polar surface area (TPSA) is 46.2 Å². The van der Waals surface area contributed by atoms with Crippen LogP contribution in [0.15, 0.2) is 18.2 Å². The van der Waals surface area contributed by atoms with Crippen LogP contribution in [0.2, 0.25) is 0 Å². The van der Waals surface area contributed by atoms with Gasteiger partial charge in [-0.15, -0.1) is 0 Å². The molecule has 0 unspecified atom stereocenters. The lowest BCUT2D eigenvalue weighted by molar-refractivity contribution is 0.00578. The van der Waals surface area contributed by atoms with Crippen LogP contribution < -0.4 is 10.2 Å². The van der Waals surface area contributed by atoms with Crippen LogP contribution in [0, 0.1) is 5.82 Å². The van der Waals surface area contributed by atoms with Crippen LogP contribution in [-0.2, 0) is 18.8 Å². The van der Waals surface area contributed by atoms with E-state index in [0.717, 1.165) is 0 Å². The van der Waals surface area contributed by atoms with E-state index in [4.69, 9.17) is 23.5 Å². The Hall–Kier alpha value is -1.15. The van der Waals surface area contributed by atoms with Crippen LogP contribution >= 0.6 is 0 Å². The fourth-order valence-electron chi connectivity index (χ4n) is 2.21. The molecule has 0 saturated carbocycles. The molecule has 0 aromatic heterocycles. The number of methoxy groups -OCH3 is 1. The highest BCUT2D eigenvalue weighted by molar-refractivity contribution is 6.62. The van der Waals surface area contributed by atoms with Gasteiger partial charge in [-0.05, 0) is 45.3 Å². The van der Waals surface area contributed by atoms with Crippen molar-refractivity contribution in [2.24, 2.45) is 0 Å². The van der Waals surface area contributed by atoms with Gasteiger partial charge in [0.05, 0.1) is 31.0 Å². The number of benzene rings is 1. The molecule has 0 radical (unpaired) electrons. The van der Waals surface area contributed by atoms with Crippen molar-refractivity contribution in [1.29, 1.82) is 0 Å². The van der Waals surface area contributed by atoms with E-state index in [9.17, 15) is 4.39 Å². The van der Waals surface area contributed by atoms with Crippen LogP contribution in [0.25, 0.3) is 0 Å². The Kier molecular flexibility index (Phi) is 6.25. The van der Waals surface area contributed by atoms with Crippen molar-refractivity contribution in [3.05, 3.63) is 24.0 Å². The summed E-state index contributed by atoms with van der Waals surface area (Å²) in [5.74, 6) is -0.260. The van der Waals surface area contributed by atoms with Crippen molar-refractivity contribution in [3.8, 4) is 5.75 Å². The van der Waals surface area contributed by atoms with Crippen molar-refractivity contribution in [2.45, 2.75) is 38.9 Å². The zero-order chi connectivity index (χ0) is 17.8. The number of ether oxygens (including phenoxy) is 3. The van der Waals surface area contributed by atoms with Crippen LogP contribution in [0.1, 0.15) is 27.7 Å². The molecule has 1 saturated heterocycles. The smallest absolute Gasteiger partial charge is 0.488 e. The van der Waals surface area contributed by atoms with Gasteiger partial charge < -0.3 is 23.5 Å². The molecular weight excluding hydrogens is 314 g/mol. The highest BCUT2D eigenvalue weighted by Gasteiger charge is 2.51. The molecule has 0 bridgehead atoms. The highest BCUT2D eigenvalue weighted by Crippen LogP contribution is 2.36. The van der Waals surface area contributed by atoms with E-state index in [0.29, 0.717) is 25.3 Å². The maximum Gasteiger partial charge on any atom is 0.494 e. The summed E-state index contributed by atoms with van der Waals surface area (Å²) in [6.07, 6.45) is 0. The molecule has 2 rings (SSSR count). The van der Waals surface area contributed by atoms with Crippen molar-refractivity contribution in [3.63, 3.8) is 0 Å². The molecule has 1 fully saturated rings. The molecule has 5 nitrogen and oxygen atoms in total. The van der Waals surface area contributed by atoms with E-state index in [1.54, 1.807) is 19.2 Å².